The van der Waals surface area contributed by atoms with Crippen LogP contribution in [0.1, 0.15) is 34.6 Å². The number of thiazole rings is 1. The second-order valence-corrected chi connectivity index (χ2v) is 9.84. The number of furan rings is 1. The van der Waals surface area contributed by atoms with Gasteiger partial charge in [0.2, 0.25) is 0 Å². The lowest BCUT2D eigenvalue weighted by molar-refractivity contribution is -0.136. The molecule has 10 heteroatoms. The smallest absolute Gasteiger partial charge is 0.338 e. The molecule has 0 fully saturated rings. The first-order chi connectivity index (χ1) is 18.3. The molecule has 1 aliphatic rings. The first-order valence-corrected chi connectivity index (χ1v) is 12.6. The highest BCUT2D eigenvalue weighted by Crippen LogP contribution is 2.31. The molecule has 192 valence electrons. The number of nitrogens with zero attached hydrogens (tertiary/aromatic N) is 2. The summed E-state index contributed by atoms with van der Waals surface area (Å²) >= 11 is 7.29. The molecule has 3 heterocycles. The van der Waals surface area contributed by atoms with Crippen molar-refractivity contribution in [1.82, 2.24) is 4.57 Å². The predicted molar refractivity (Wildman–Crippen MR) is 143 cm³/mol. The van der Waals surface area contributed by atoms with Crippen LogP contribution in [-0.4, -0.2) is 30.7 Å². The second-order valence-electron chi connectivity index (χ2n) is 8.40. The van der Waals surface area contributed by atoms with E-state index in [4.69, 9.17) is 25.5 Å². The third kappa shape index (κ3) is 4.62. The van der Waals surface area contributed by atoms with E-state index < -0.39 is 18.0 Å². The first-order valence-electron chi connectivity index (χ1n) is 11.5. The van der Waals surface area contributed by atoms with Crippen molar-refractivity contribution in [3.8, 4) is 11.3 Å². The van der Waals surface area contributed by atoms with Crippen molar-refractivity contribution in [3.05, 3.63) is 114 Å². The van der Waals surface area contributed by atoms with E-state index in [1.54, 1.807) is 61.5 Å². The number of ether oxygens (including phenoxy) is 2. The molecule has 2 aromatic carbocycles. The summed E-state index contributed by atoms with van der Waals surface area (Å²) in [5, 5.41) is 0.588. The Balaban J connectivity index is 1.63. The number of methoxy groups -OCH3 is 2. The fourth-order valence-corrected chi connectivity index (χ4v) is 5.50. The zero-order valence-corrected chi connectivity index (χ0v) is 22.1. The summed E-state index contributed by atoms with van der Waals surface area (Å²) in [6.07, 6.45) is 1.65. The standard InChI is InChI=1S/C28H21ClN2O6S/c1-15-23(27(34)36-3)24(16-7-9-17(10-8-16)26(33)35-2)31-25(32)22(38-28(31)30-15)14-20-11-12-21(37-20)18-5-4-6-19(29)13-18/h4-14,24H,1-3H3. The van der Waals surface area contributed by atoms with Gasteiger partial charge in [0, 0.05) is 16.7 Å². The average Bonchev–Trinajstić information content (AvgIpc) is 3.51. The van der Waals surface area contributed by atoms with E-state index in [1.165, 1.54) is 30.1 Å². The summed E-state index contributed by atoms with van der Waals surface area (Å²) in [6.45, 7) is 1.70. The van der Waals surface area contributed by atoms with Crippen LogP contribution in [0.25, 0.3) is 17.4 Å². The van der Waals surface area contributed by atoms with Crippen LogP contribution in [0.15, 0.2) is 86.1 Å². The van der Waals surface area contributed by atoms with Crippen LogP contribution in [0.2, 0.25) is 5.02 Å². The predicted octanol–water partition coefficient (Wildman–Crippen LogP) is 4.11. The molecule has 38 heavy (non-hydrogen) atoms. The minimum atomic E-state index is -0.800. The lowest BCUT2D eigenvalue weighted by Gasteiger charge is -2.24. The van der Waals surface area contributed by atoms with Gasteiger partial charge in [0.15, 0.2) is 4.80 Å². The number of benzene rings is 2. The zero-order chi connectivity index (χ0) is 27.0. The van der Waals surface area contributed by atoms with Gasteiger partial charge in [-0.15, -0.1) is 0 Å². The highest BCUT2D eigenvalue weighted by molar-refractivity contribution is 7.07. The van der Waals surface area contributed by atoms with Crippen LogP contribution in [0, 0.1) is 0 Å². The fourth-order valence-electron chi connectivity index (χ4n) is 4.28. The topological polar surface area (TPSA) is 100 Å². The Labute approximate surface area is 225 Å². The molecule has 8 nitrogen and oxygen atoms in total. The van der Waals surface area contributed by atoms with Crippen molar-refractivity contribution in [1.29, 1.82) is 0 Å². The molecule has 0 bridgehead atoms. The zero-order valence-electron chi connectivity index (χ0n) is 20.6. The molecule has 0 N–H and O–H groups in total. The third-order valence-corrected chi connectivity index (χ3v) is 7.30. The summed E-state index contributed by atoms with van der Waals surface area (Å²) in [4.78, 5) is 43.4. The number of halogens is 1. The van der Waals surface area contributed by atoms with E-state index in [-0.39, 0.29) is 11.1 Å². The van der Waals surface area contributed by atoms with Gasteiger partial charge in [-0.2, -0.15) is 0 Å². The molecule has 1 atom stereocenters. The van der Waals surface area contributed by atoms with Crippen LogP contribution in [-0.2, 0) is 14.3 Å². The molecule has 2 aromatic heterocycles. The number of hydrogen-bond donors (Lipinski definition) is 0. The Morgan fingerprint density at radius 3 is 2.47 bits per heavy atom. The molecular formula is C28H21ClN2O6S. The van der Waals surface area contributed by atoms with E-state index in [0.717, 1.165) is 5.56 Å². The van der Waals surface area contributed by atoms with E-state index in [1.807, 2.05) is 12.1 Å². The molecule has 0 saturated heterocycles. The van der Waals surface area contributed by atoms with Gasteiger partial charge in [-0.3, -0.25) is 9.36 Å². The summed E-state index contributed by atoms with van der Waals surface area (Å²) in [5.74, 6) is 0.00259. The molecule has 0 spiro atoms. The third-order valence-electron chi connectivity index (χ3n) is 6.08. The number of fused-ring (bicyclic) bond motifs is 1. The summed E-state index contributed by atoms with van der Waals surface area (Å²) in [5.41, 5.74) is 2.10. The van der Waals surface area contributed by atoms with Crippen molar-refractivity contribution < 1.29 is 23.5 Å². The highest BCUT2D eigenvalue weighted by Gasteiger charge is 2.33. The maximum absolute atomic E-state index is 13.7. The average molecular weight is 549 g/mol. The summed E-state index contributed by atoms with van der Waals surface area (Å²) in [7, 11) is 2.58. The van der Waals surface area contributed by atoms with Crippen LogP contribution >= 0.6 is 22.9 Å². The van der Waals surface area contributed by atoms with Gasteiger partial charge in [-0.1, -0.05) is 47.2 Å². The van der Waals surface area contributed by atoms with Gasteiger partial charge in [-0.25, -0.2) is 14.6 Å². The highest BCUT2D eigenvalue weighted by atomic mass is 35.5. The van der Waals surface area contributed by atoms with Crippen molar-refractivity contribution >= 4 is 41.0 Å². The molecule has 1 unspecified atom stereocenters. The first kappa shape index (κ1) is 25.4. The lowest BCUT2D eigenvalue weighted by Crippen LogP contribution is -2.39. The molecule has 0 radical (unpaired) electrons. The Kier molecular flexibility index (Phi) is 6.88. The summed E-state index contributed by atoms with van der Waals surface area (Å²) in [6, 6.07) is 16.6. The Morgan fingerprint density at radius 2 is 1.79 bits per heavy atom. The normalized spacial score (nSPS) is 15.2. The molecule has 0 saturated carbocycles. The van der Waals surface area contributed by atoms with Gasteiger partial charge in [-0.05, 0) is 48.9 Å². The van der Waals surface area contributed by atoms with Crippen molar-refractivity contribution in [2.75, 3.05) is 14.2 Å². The fraction of sp³-hybridized carbons (Fsp3) is 0.143. The van der Waals surface area contributed by atoms with Gasteiger partial charge in [0.1, 0.15) is 11.5 Å². The largest absolute Gasteiger partial charge is 0.466 e. The van der Waals surface area contributed by atoms with Gasteiger partial charge in [0.25, 0.3) is 5.56 Å². The summed E-state index contributed by atoms with van der Waals surface area (Å²) < 4.78 is 17.6. The van der Waals surface area contributed by atoms with Crippen molar-refractivity contribution in [3.63, 3.8) is 0 Å². The Morgan fingerprint density at radius 1 is 1.05 bits per heavy atom. The van der Waals surface area contributed by atoms with Crippen molar-refractivity contribution in [2.24, 2.45) is 4.99 Å². The molecular weight excluding hydrogens is 528 g/mol. The monoisotopic (exact) mass is 548 g/mol. The molecule has 0 aliphatic carbocycles. The van der Waals surface area contributed by atoms with E-state index >= 15 is 0 Å². The van der Waals surface area contributed by atoms with E-state index in [0.29, 0.717) is 42.7 Å². The minimum Gasteiger partial charge on any atom is -0.466 e. The van der Waals surface area contributed by atoms with E-state index in [9.17, 15) is 14.4 Å². The van der Waals surface area contributed by atoms with Crippen LogP contribution in [0.4, 0.5) is 0 Å². The molecule has 4 aromatic rings. The number of esters is 2. The van der Waals surface area contributed by atoms with Crippen LogP contribution in [0.3, 0.4) is 0 Å². The maximum Gasteiger partial charge on any atom is 0.338 e. The number of aromatic nitrogens is 1. The van der Waals surface area contributed by atoms with Gasteiger partial charge in [0.05, 0.1) is 41.6 Å². The number of allylic oxidation sites excluding steroid dienone is 1. The minimum absolute atomic E-state index is 0.235. The molecule has 0 amide bonds. The lowest BCUT2D eigenvalue weighted by atomic mass is 9.95. The van der Waals surface area contributed by atoms with Gasteiger partial charge >= 0.3 is 11.9 Å². The van der Waals surface area contributed by atoms with Crippen LogP contribution < -0.4 is 14.9 Å². The maximum atomic E-state index is 13.7. The molecule has 5 rings (SSSR count). The molecule has 1 aliphatic heterocycles. The number of carbonyl (C=O) groups is 2. The van der Waals surface area contributed by atoms with Crippen LogP contribution in [0.5, 0.6) is 0 Å². The number of hydrogen-bond acceptors (Lipinski definition) is 8. The van der Waals surface area contributed by atoms with E-state index in [2.05, 4.69) is 4.99 Å². The van der Waals surface area contributed by atoms with Gasteiger partial charge < -0.3 is 13.9 Å². The Hall–Kier alpha value is -4.21. The van der Waals surface area contributed by atoms with Crippen molar-refractivity contribution in [2.45, 2.75) is 13.0 Å². The Bertz CT molecular complexity index is 1780. The second kappa shape index (κ2) is 10.3. The number of rotatable bonds is 5. The SMILES string of the molecule is COC(=O)C1=C(C)N=c2sc(=Cc3ccc(-c4cccc(Cl)c4)o3)c(=O)n2C1c1ccc(C(=O)OC)cc1. The number of carbonyl (C=O) groups excluding carboxylic acids is 2. The quantitative estimate of drug-likeness (QED) is 0.348.